The summed E-state index contributed by atoms with van der Waals surface area (Å²) >= 11 is 6.49. The van der Waals surface area contributed by atoms with Gasteiger partial charge in [0, 0.05) is 29.5 Å². The highest BCUT2D eigenvalue weighted by Gasteiger charge is 2.37. The molecule has 4 rings (SSSR count). The third kappa shape index (κ3) is 7.18. The Morgan fingerprint density at radius 2 is 1.95 bits per heavy atom. The number of carboxylic acid groups (broad SMARTS) is 1. The fourth-order valence-corrected chi connectivity index (χ4v) is 5.80. The van der Waals surface area contributed by atoms with Crippen molar-refractivity contribution in [1.82, 2.24) is 14.9 Å². The fraction of sp³-hybridized carbons (Fsp3) is 0.483. The summed E-state index contributed by atoms with van der Waals surface area (Å²) in [5, 5.41) is 22.1. The van der Waals surface area contributed by atoms with Crippen molar-refractivity contribution in [3.8, 4) is 5.75 Å². The summed E-state index contributed by atoms with van der Waals surface area (Å²) in [5.74, 6) is -0.113. The molecule has 8 heteroatoms. The monoisotopic (exact) mass is 525 g/mol. The van der Waals surface area contributed by atoms with Gasteiger partial charge in [-0.3, -0.25) is 14.8 Å². The Morgan fingerprint density at radius 3 is 2.65 bits per heavy atom. The van der Waals surface area contributed by atoms with Gasteiger partial charge in [-0.05, 0) is 106 Å². The van der Waals surface area contributed by atoms with Crippen molar-refractivity contribution in [3.05, 3.63) is 65.1 Å². The number of piperidine rings is 1. The molecular formula is C29H36ClN3O4. The van der Waals surface area contributed by atoms with Crippen LogP contribution in [-0.2, 0) is 11.2 Å². The average Bonchev–Trinajstić information content (AvgIpc) is 2.90. The minimum Gasteiger partial charge on any atom is -0.497 e. The number of rotatable bonds is 12. The van der Waals surface area contributed by atoms with Crippen LogP contribution in [0.1, 0.15) is 62.2 Å². The number of carbonyl (C=O) groups is 1. The van der Waals surface area contributed by atoms with E-state index in [0.29, 0.717) is 29.2 Å². The normalized spacial score (nSPS) is 16.5. The number of methoxy groups -OCH3 is 1. The molecule has 0 aliphatic carbocycles. The number of aromatic nitrogens is 2. The molecule has 3 aromatic rings. The van der Waals surface area contributed by atoms with E-state index >= 15 is 0 Å². The largest absolute Gasteiger partial charge is 0.497 e. The number of benzene rings is 1. The molecular weight excluding hydrogens is 490 g/mol. The molecule has 1 saturated heterocycles. The highest BCUT2D eigenvalue weighted by atomic mass is 35.5. The molecule has 1 aliphatic rings. The van der Waals surface area contributed by atoms with Crippen LogP contribution in [0, 0.1) is 5.41 Å². The second-order valence-corrected chi connectivity index (χ2v) is 10.6. The van der Waals surface area contributed by atoms with Crippen LogP contribution in [0.2, 0.25) is 5.02 Å². The van der Waals surface area contributed by atoms with Gasteiger partial charge in [0.15, 0.2) is 0 Å². The molecule has 0 radical (unpaired) electrons. The van der Waals surface area contributed by atoms with Crippen molar-refractivity contribution < 1.29 is 19.7 Å². The van der Waals surface area contributed by atoms with Crippen molar-refractivity contribution in [2.45, 2.75) is 57.5 Å². The van der Waals surface area contributed by atoms with Gasteiger partial charge in [0.1, 0.15) is 5.75 Å². The van der Waals surface area contributed by atoms with Crippen LogP contribution in [0.25, 0.3) is 10.9 Å². The summed E-state index contributed by atoms with van der Waals surface area (Å²) < 4.78 is 5.35. The fourth-order valence-electron chi connectivity index (χ4n) is 5.52. The van der Waals surface area contributed by atoms with E-state index in [1.54, 1.807) is 13.3 Å². The first-order chi connectivity index (χ1) is 17.9. The number of likely N-dealkylation sites (tertiary alicyclic amines) is 1. The molecule has 0 bridgehead atoms. The zero-order chi connectivity index (χ0) is 26.3. The Kier molecular flexibility index (Phi) is 9.35. The van der Waals surface area contributed by atoms with Gasteiger partial charge < -0.3 is 19.8 Å². The third-order valence-corrected chi connectivity index (χ3v) is 8.03. The first-order valence-electron chi connectivity index (χ1n) is 13.0. The van der Waals surface area contributed by atoms with E-state index in [1.807, 2.05) is 30.6 Å². The molecule has 1 unspecified atom stereocenters. The molecule has 1 atom stereocenters. The second kappa shape index (κ2) is 12.7. The van der Waals surface area contributed by atoms with Gasteiger partial charge in [0.2, 0.25) is 0 Å². The third-order valence-electron chi connectivity index (χ3n) is 7.73. The molecule has 7 nitrogen and oxygen atoms in total. The molecule has 1 aromatic carbocycles. The molecule has 198 valence electrons. The number of pyridine rings is 2. The number of aryl methyl sites for hydroxylation is 1. The van der Waals surface area contributed by atoms with Crippen LogP contribution in [0.5, 0.6) is 5.75 Å². The van der Waals surface area contributed by atoms with Crippen molar-refractivity contribution in [1.29, 1.82) is 0 Å². The number of hydrogen-bond donors (Lipinski definition) is 2. The van der Waals surface area contributed by atoms with Crippen molar-refractivity contribution in [2.24, 2.45) is 5.41 Å². The number of carboxylic acids is 1. The van der Waals surface area contributed by atoms with E-state index in [4.69, 9.17) is 16.3 Å². The lowest BCUT2D eigenvalue weighted by Gasteiger charge is -2.41. The maximum Gasteiger partial charge on any atom is 0.303 e. The zero-order valence-corrected chi connectivity index (χ0v) is 22.2. The molecule has 2 aromatic heterocycles. The second-order valence-electron chi connectivity index (χ2n) is 10.2. The van der Waals surface area contributed by atoms with Crippen LogP contribution in [0.4, 0.5) is 0 Å². The molecule has 0 amide bonds. The van der Waals surface area contributed by atoms with E-state index in [-0.39, 0.29) is 11.8 Å². The van der Waals surface area contributed by atoms with Gasteiger partial charge in [-0.25, -0.2) is 0 Å². The lowest BCUT2D eigenvalue weighted by atomic mass is 9.71. The summed E-state index contributed by atoms with van der Waals surface area (Å²) in [5.41, 5.74) is 2.35. The summed E-state index contributed by atoms with van der Waals surface area (Å²) in [7, 11) is 1.60. The Hall–Kier alpha value is -2.74. The lowest BCUT2D eigenvalue weighted by molar-refractivity contribution is -0.141. The maximum atomic E-state index is 11.8. The van der Waals surface area contributed by atoms with Gasteiger partial charge in [-0.1, -0.05) is 11.6 Å². The molecule has 37 heavy (non-hydrogen) atoms. The maximum absolute atomic E-state index is 11.8. The Balaban J connectivity index is 1.35. The van der Waals surface area contributed by atoms with Crippen LogP contribution in [0.15, 0.2) is 48.9 Å². The standard InChI is InChI=1S/C29H36ClN3O4/c1-37-22-5-6-25-23(18-22)28(24(30)20-32-25)26(34)7-10-29(19-27(35)36)11-16-33(17-12-29)15-3-2-4-21-8-13-31-14-9-21/h5-6,8-9,13-14,18,20,26,34H,2-4,7,10-12,15-17,19H2,1H3,(H,35,36). The molecule has 1 fully saturated rings. The quantitative estimate of drug-likeness (QED) is 0.293. The first kappa shape index (κ1) is 27.3. The van der Waals surface area contributed by atoms with E-state index in [9.17, 15) is 15.0 Å². The summed E-state index contributed by atoms with van der Waals surface area (Å²) in [6, 6.07) is 9.64. The number of aliphatic hydroxyl groups is 1. The predicted octanol–water partition coefficient (Wildman–Crippen LogP) is 5.69. The number of hydrogen-bond acceptors (Lipinski definition) is 6. The lowest BCUT2D eigenvalue weighted by Crippen LogP contribution is -2.41. The van der Waals surface area contributed by atoms with E-state index in [1.165, 1.54) is 5.56 Å². The van der Waals surface area contributed by atoms with E-state index in [0.717, 1.165) is 62.6 Å². The van der Waals surface area contributed by atoms with Crippen molar-refractivity contribution in [2.75, 3.05) is 26.7 Å². The van der Waals surface area contributed by atoms with Crippen molar-refractivity contribution >= 4 is 28.5 Å². The minimum atomic E-state index is -0.818. The van der Waals surface area contributed by atoms with Crippen LogP contribution >= 0.6 is 11.6 Å². The number of nitrogens with zero attached hydrogens (tertiary/aromatic N) is 3. The van der Waals surface area contributed by atoms with Crippen molar-refractivity contribution in [3.63, 3.8) is 0 Å². The topological polar surface area (TPSA) is 95.8 Å². The van der Waals surface area contributed by atoms with E-state index < -0.39 is 12.1 Å². The van der Waals surface area contributed by atoms with Gasteiger partial charge in [0.25, 0.3) is 0 Å². The molecule has 1 aliphatic heterocycles. The van der Waals surface area contributed by atoms with E-state index in [2.05, 4.69) is 27.0 Å². The van der Waals surface area contributed by atoms with Crippen LogP contribution < -0.4 is 4.74 Å². The molecule has 3 heterocycles. The highest BCUT2D eigenvalue weighted by molar-refractivity contribution is 6.32. The van der Waals surface area contributed by atoms with Gasteiger partial charge in [0.05, 0.1) is 30.2 Å². The number of unbranched alkanes of at least 4 members (excludes halogenated alkanes) is 1. The Morgan fingerprint density at radius 1 is 1.19 bits per heavy atom. The number of ether oxygens (including phenoxy) is 1. The van der Waals surface area contributed by atoms with Crippen LogP contribution in [0.3, 0.4) is 0 Å². The first-order valence-corrected chi connectivity index (χ1v) is 13.4. The Bertz CT molecular complexity index is 1180. The SMILES string of the molecule is COc1ccc2ncc(Cl)c(C(O)CCC3(CC(=O)O)CCN(CCCCc4ccncc4)CC3)c2c1. The summed E-state index contributed by atoms with van der Waals surface area (Å²) in [6.45, 7) is 2.79. The number of halogens is 1. The number of aliphatic hydroxyl groups excluding tert-OH is 1. The van der Waals surface area contributed by atoms with Crippen LogP contribution in [-0.4, -0.2) is 57.8 Å². The van der Waals surface area contributed by atoms with Gasteiger partial charge in [-0.15, -0.1) is 0 Å². The number of fused-ring (bicyclic) bond motifs is 1. The Labute approximate surface area is 223 Å². The smallest absolute Gasteiger partial charge is 0.303 e. The van der Waals surface area contributed by atoms with Gasteiger partial charge in [-0.2, -0.15) is 0 Å². The highest BCUT2D eigenvalue weighted by Crippen LogP contribution is 2.43. The molecule has 2 N–H and O–H groups in total. The molecule has 0 saturated carbocycles. The molecule has 0 spiro atoms. The summed E-state index contributed by atoms with van der Waals surface area (Å²) in [6.07, 6.45) is 10.5. The summed E-state index contributed by atoms with van der Waals surface area (Å²) in [4.78, 5) is 22.7. The zero-order valence-electron chi connectivity index (χ0n) is 21.4. The minimum absolute atomic E-state index is 0.119. The predicted molar refractivity (Wildman–Crippen MR) is 145 cm³/mol. The average molecular weight is 526 g/mol. The van der Waals surface area contributed by atoms with Gasteiger partial charge >= 0.3 is 5.97 Å². The number of aliphatic carboxylic acids is 1.